The molecule has 3 aliphatic rings. The molecule has 3 aromatic rings. The van der Waals surface area contributed by atoms with Gasteiger partial charge in [0.1, 0.15) is 6.61 Å². The fraction of sp³-hybridized carbons (Fsp3) is 0.467. The van der Waals surface area contributed by atoms with Crippen LogP contribution >= 0.6 is 11.6 Å². The van der Waals surface area contributed by atoms with Crippen LogP contribution in [0.5, 0.6) is 0 Å². The van der Waals surface area contributed by atoms with Gasteiger partial charge in [-0.15, -0.1) is 0 Å². The first-order valence-corrected chi connectivity index (χ1v) is 13.7. The van der Waals surface area contributed by atoms with Crippen LogP contribution in [0.3, 0.4) is 0 Å². The van der Waals surface area contributed by atoms with Crippen molar-refractivity contribution in [1.29, 1.82) is 0 Å². The Bertz CT molecular complexity index is 1500. The Morgan fingerprint density at radius 1 is 1.24 bits per heavy atom. The smallest absolute Gasteiger partial charge is 0.258 e. The standard InChI is InChI=1S/C30H34ClN3O3/c1-5-30(36)13-19(4)37-16-23-24(30)11-27-28-22(15-34(27)29(23)35)21(14-33-8-6-17(2)7-9-33)20-10-18(3)25(31)12-26(20)32-28/h10-12,17,36H,4-9,13-16H2,1-3H3/t30-/m1/s1. The molecule has 1 aromatic carbocycles. The normalized spacial score (nSPS) is 21.9. The Morgan fingerprint density at radius 2 is 2.00 bits per heavy atom. The highest BCUT2D eigenvalue weighted by Gasteiger charge is 2.38. The van der Waals surface area contributed by atoms with Crippen LogP contribution < -0.4 is 5.56 Å². The molecule has 194 valence electrons. The van der Waals surface area contributed by atoms with Crippen molar-refractivity contribution in [1.82, 2.24) is 14.5 Å². The van der Waals surface area contributed by atoms with Crippen LogP contribution in [0.4, 0.5) is 0 Å². The summed E-state index contributed by atoms with van der Waals surface area (Å²) in [6, 6.07) is 6.05. The Morgan fingerprint density at radius 3 is 2.73 bits per heavy atom. The minimum atomic E-state index is -1.20. The molecule has 3 aliphatic heterocycles. The van der Waals surface area contributed by atoms with E-state index in [1.54, 1.807) is 4.57 Å². The fourth-order valence-electron chi connectivity index (χ4n) is 6.22. The van der Waals surface area contributed by atoms with Crippen molar-refractivity contribution < 1.29 is 9.84 Å². The predicted octanol–water partition coefficient (Wildman–Crippen LogP) is 5.65. The maximum absolute atomic E-state index is 13.9. The third-order valence-electron chi connectivity index (χ3n) is 8.70. The summed E-state index contributed by atoms with van der Waals surface area (Å²) in [6.07, 6.45) is 3.12. The maximum atomic E-state index is 13.9. The molecule has 0 unspecified atom stereocenters. The number of pyridine rings is 2. The molecule has 0 spiro atoms. The number of piperidine rings is 1. The van der Waals surface area contributed by atoms with Crippen molar-refractivity contribution in [3.63, 3.8) is 0 Å². The number of aliphatic hydroxyl groups is 1. The Kier molecular flexibility index (Phi) is 5.98. The zero-order chi connectivity index (χ0) is 26.1. The van der Waals surface area contributed by atoms with Gasteiger partial charge >= 0.3 is 0 Å². The molecule has 5 heterocycles. The van der Waals surface area contributed by atoms with Gasteiger partial charge in [0.25, 0.3) is 5.56 Å². The summed E-state index contributed by atoms with van der Waals surface area (Å²) < 4.78 is 7.57. The maximum Gasteiger partial charge on any atom is 0.258 e. The van der Waals surface area contributed by atoms with Gasteiger partial charge in [-0.05, 0) is 80.1 Å². The van der Waals surface area contributed by atoms with Gasteiger partial charge in [0.15, 0.2) is 0 Å². The number of benzene rings is 1. The van der Waals surface area contributed by atoms with E-state index < -0.39 is 5.60 Å². The van der Waals surface area contributed by atoms with Crippen LogP contribution in [0.1, 0.15) is 67.3 Å². The summed E-state index contributed by atoms with van der Waals surface area (Å²) in [5, 5.41) is 13.4. The summed E-state index contributed by atoms with van der Waals surface area (Å²) >= 11 is 6.55. The van der Waals surface area contributed by atoms with Crippen molar-refractivity contribution in [3.05, 3.63) is 73.7 Å². The molecule has 6 nitrogen and oxygen atoms in total. The Balaban J connectivity index is 1.56. The number of hydrogen-bond acceptors (Lipinski definition) is 5. The summed E-state index contributed by atoms with van der Waals surface area (Å²) in [6.45, 7) is 13.8. The molecule has 1 saturated heterocycles. The summed E-state index contributed by atoms with van der Waals surface area (Å²) in [7, 11) is 0. The highest BCUT2D eigenvalue weighted by atomic mass is 35.5. The summed E-state index contributed by atoms with van der Waals surface area (Å²) in [5.41, 5.74) is 5.57. The molecule has 0 bridgehead atoms. The molecule has 6 rings (SSSR count). The second-order valence-electron chi connectivity index (χ2n) is 11.2. The predicted molar refractivity (Wildman–Crippen MR) is 147 cm³/mol. The number of halogens is 1. The monoisotopic (exact) mass is 519 g/mol. The van der Waals surface area contributed by atoms with Crippen molar-refractivity contribution in [3.8, 4) is 11.4 Å². The second-order valence-corrected chi connectivity index (χ2v) is 11.6. The van der Waals surface area contributed by atoms with E-state index in [-0.39, 0.29) is 18.6 Å². The molecular formula is C30H34ClN3O3. The van der Waals surface area contributed by atoms with Gasteiger partial charge < -0.3 is 14.4 Å². The van der Waals surface area contributed by atoms with Gasteiger partial charge in [0.05, 0.1) is 40.4 Å². The van der Waals surface area contributed by atoms with E-state index in [1.807, 2.05) is 26.0 Å². The number of aromatic nitrogens is 2. The molecule has 7 heteroatoms. The summed E-state index contributed by atoms with van der Waals surface area (Å²) in [4.78, 5) is 21.5. The van der Waals surface area contributed by atoms with Crippen molar-refractivity contribution in [2.45, 2.75) is 71.8 Å². The highest BCUT2D eigenvalue weighted by Crippen LogP contribution is 2.42. The highest BCUT2D eigenvalue weighted by molar-refractivity contribution is 6.32. The number of hydrogen-bond donors (Lipinski definition) is 1. The van der Waals surface area contributed by atoms with Gasteiger partial charge in [0.2, 0.25) is 0 Å². The van der Waals surface area contributed by atoms with Crippen LogP contribution in [-0.4, -0.2) is 32.6 Å². The lowest BCUT2D eigenvalue weighted by Crippen LogP contribution is -2.33. The average molecular weight is 520 g/mol. The van der Waals surface area contributed by atoms with Crippen LogP contribution in [0, 0.1) is 12.8 Å². The molecule has 1 N–H and O–H groups in total. The first-order valence-electron chi connectivity index (χ1n) is 13.3. The van der Waals surface area contributed by atoms with E-state index in [9.17, 15) is 9.90 Å². The zero-order valence-corrected chi connectivity index (χ0v) is 22.6. The fourth-order valence-corrected chi connectivity index (χ4v) is 6.38. The number of ether oxygens (including phenoxy) is 1. The molecule has 37 heavy (non-hydrogen) atoms. The van der Waals surface area contributed by atoms with Crippen LogP contribution in [0.15, 0.2) is 35.3 Å². The lowest BCUT2D eigenvalue weighted by molar-refractivity contribution is 0.0232. The molecule has 0 amide bonds. The van der Waals surface area contributed by atoms with Gasteiger partial charge in [-0.3, -0.25) is 9.69 Å². The Hall–Kier alpha value is -2.67. The quantitative estimate of drug-likeness (QED) is 0.379. The van der Waals surface area contributed by atoms with E-state index in [0.717, 1.165) is 59.0 Å². The largest absolute Gasteiger partial charge is 0.494 e. The zero-order valence-electron chi connectivity index (χ0n) is 21.9. The number of aryl methyl sites for hydroxylation is 1. The third-order valence-corrected chi connectivity index (χ3v) is 9.11. The molecule has 1 fully saturated rings. The molecule has 0 aliphatic carbocycles. The van der Waals surface area contributed by atoms with Gasteiger partial charge in [-0.2, -0.15) is 0 Å². The van der Waals surface area contributed by atoms with Crippen molar-refractivity contribution in [2.75, 3.05) is 13.1 Å². The minimum absolute atomic E-state index is 0.120. The average Bonchev–Trinajstić information content (AvgIpc) is 3.17. The number of fused-ring (bicyclic) bond motifs is 5. The van der Waals surface area contributed by atoms with Crippen LogP contribution in [0.25, 0.3) is 22.3 Å². The van der Waals surface area contributed by atoms with E-state index in [2.05, 4.69) is 24.5 Å². The first kappa shape index (κ1) is 24.7. The first-order chi connectivity index (χ1) is 17.7. The number of rotatable bonds is 3. The molecule has 0 saturated carbocycles. The van der Waals surface area contributed by atoms with Gasteiger partial charge in [-0.25, -0.2) is 4.98 Å². The van der Waals surface area contributed by atoms with Gasteiger partial charge in [-0.1, -0.05) is 32.0 Å². The minimum Gasteiger partial charge on any atom is -0.494 e. The molecular weight excluding hydrogens is 486 g/mol. The topological polar surface area (TPSA) is 67.6 Å². The second kappa shape index (κ2) is 8.97. The van der Waals surface area contributed by atoms with Crippen LogP contribution in [-0.2, 0) is 30.0 Å². The number of nitrogens with zero attached hydrogens (tertiary/aromatic N) is 3. The van der Waals surface area contributed by atoms with Crippen LogP contribution in [0.2, 0.25) is 5.02 Å². The lowest BCUT2D eigenvalue weighted by Gasteiger charge is -2.31. The van der Waals surface area contributed by atoms with E-state index >= 15 is 0 Å². The van der Waals surface area contributed by atoms with E-state index in [1.165, 1.54) is 18.4 Å². The summed E-state index contributed by atoms with van der Waals surface area (Å²) in [5.74, 6) is 1.25. The molecule has 1 atom stereocenters. The van der Waals surface area contributed by atoms with E-state index in [0.29, 0.717) is 34.9 Å². The van der Waals surface area contributed by atoms with Crippen molar-refractivity contribution >= 4 is 22.5 Å². The van der Waals surface area contributed by atoms with Crippen molar-refractivity contribution in [2.24, 2.45) is 5.92 Å². The number of likely N-dealkylation sites (tertiary alicyclic amines) is 1. The molecule has 0 radical (unpaired) electrons. The third kappa shape index (κ3) is 4.01. The molecule has 2 aromatic heterocycles. The SMILES string of the molecule is C=C1C[C@](O)(CC)c2cc3n(c(=O)c2CO1)Cc1c-3nc2cc(Cl)c(C)cc2c1CN1CCC(C)CC1. The lowest BCUT2D eigenvalue weighted by atomic mass is 9.85. The van der Waals surface area contributed by atoms with Gasteiger partial charge in [0, 0.05) is 28.9 Å². The van der Waals surface area contributed by atoms with E-state index in [4.69, 9.17) is 21.3 Å². The Labute approximate surface area is 222 Å².